The molecule has 0 bridgehead atoms. The van der Waals surface area contributed by atoms with Gasteiger partial charge in [0.15, 0.2) is 0 Å². The average molecular weight is 674 g/mol. The first-order valence-corrected chi connectivity index (χ1v) is 10.2. The standard InChI is InChI=1S/C21H21ClN3O4S.Ac/c22-17-4-2-1-3-16(17)19(26)24-18(20(27)28)13-14-5-7-15(8-6-14)29-21(30)25-11-9-23-10-12-25;/h1-8,18H,9-13H2,(H,24,26)(H,27,28);/q-1;. The molecule has 2 N–H and O–H groups in total. The Kier molecular flexibility index (Phi) is 10.7. The SMILES string of the molecule is O=C(NC(Cc1ccc(OC(=S)N2CC[N-]CC2)cc1)C(=O)O)c1ccccc1Cl.[Ac]. The number of amides is 1. The number of benzene rings is 2. The summed E-state index contributed by atoms with van der Waals surface area (Å²) < 4.78 is 5.71. The molecule has 7 nitrogen and oxygen atoms in total. The molecule has 1 radical (unpaired) electrons. The Hall–Kier alpha value is -1.24. The number of carbonyl (C=O) groups excluding carboxylic acids is 1. The van der Waals surface area contributed by atoms with E-state index in [4.69, 9.17) is 28.6 Å². The summed E-state index contributed by atoms with van der Waals surface area (Å²) in [5.74, 6) is -1.10. The number of ether oxygens (including phenoxy) is 1. The quantitative estimate of drug-likeness (QED) is 0.459. The number of carboxylic acid groups (broad SMARTS) is 1. The van der Waals surface area contributed by atoms with E-state index < -0.39 is 17.9 Å². The van der Waals surface area contributed by atoms with Gasteiger partial charge in [0, 0.05) is 63.6 Å². The summed E-state index contributed by atoms with van der Waals surface area (Å²) in [6.07, 6.45) is 0.115. The average Bonchev–Trinajstić information content (AvgIpc) is 2.75. The molecule has 10 heteroatoms. The van der Waals surface area contributed by atoms with Crippen molar-refractivity contribution < 1.29 is 63.5 Å². The zero-order valence-electron chi connectivity index (χ0n) is 16.7. The van der Waals surface area contributed by atoms with Crippen molar-refractivity contribution in [2.45, 2.75) is 12.5 Å². The Morgan fingerprint density at radius 1 is 1.16 bits per heavy atom. The fraction of sp³-hybridized carbons (Fsp3) is 0.286. The third-order valence-electron chi connectivity index (χ3n) is 4.60. The van der Waals surface area contributed by atoms with E-state index in [1.54, 1.807) is 48.5 Å². The first-order chi connectivity index (χ1) is 14.4. The second kappa shape index (κ2) is 12.7. The number of nitrogens with zero attached hydrogens (tertiary/aromatic N) is 2. The van der Waals surface area contributed by atoms with Crippen LogP contribution < -0.4 is 10.1 Å². The van der Waals surface area contributed by atoms with Gasteiger partial charge in [-0.15, -0.1) is 13.1 Å². The summed E-state index contributed by atoms with van der Waals surface area (Å²) in [6.45, 7) is 2.95. The Bertz CT molecular complexity index is 923. The monoisotopic (exact) mass is 673 g/mol. The molecule has 1 saturated heterocycles. The molecular formula is C21H21AcClN3O4S-. The number of hydrogen-bond donors (Lipinski definition) is 2. The van der Waals surface area contributed by atoms with Crippen LogP contribution in [0, 0.1) is 44.1 Å². The van der Waals surface area contributed by atoms with Crippen molar-refractivity contribution in [3.63, 3.8) is 0 Å². The first kappa shape index (κ1) is 26.0. The van der Waals surface area contributed by atoms with Crippen molar-refractivity contribution in [2.75, 3.05) is 26.2 Å². The van der Waals surface area contributed by atoms with Gasteiger partial charge in [0.25, 0.3) is 11.1 Å². The Morgan fingerprint density at radius 2 is 1.81 bits per heavy atom. The molecule has 0 saturated carbocycles. The fourth-order valence-electron chi connectivity index (χ4n) is 2.97. The number of aliphatic carboxylic acids is 1. The summed E-state index contributed by atoms with van der Waals surface area (Å²) in [4.78, 5) is 26.0. The topological polar surface area (TPSA) is 93.0 Å². The van der Waals surface area contributed by atoms with Gasteiger partial charge < -0.3 is 25.4 Å². The van der Waals surface area contributed by atoms with E-state index in [1.807, 2.05) is 4.90 Å². The van der Waals surface area contributed by atoms with Crippen LogP contribution >= 0.6 is 23.8 Å². The Balaban J connectivity index is 0.00000341. The molecule has 3 rings (SSSR count). The molecule has 1 aliphatic heterocycles. The van der Waals surface area contributed by atoms with Crippen molar-refractivity contribution in [2.24, 2.45) is 0 Å². The summed E-state index contributed by atoms with van der Waals surface area (Å²) in [7, 11) is 0. The molecule has 0 aliphatic carbocycles. The minimum Gasteiger partial charge on any atom is -0.659 e. The van der Waals surface area contributed by atoms with Gasteiger partial charge in [0.05, 0.1) is 10.6 Å². The summed E-state index contributed by atoms with van der Waals surface area (Å²) >= 11 is 11.3. The van der Waals surface area contributed by atoms with Gasteiger partial charge in [0.1, 0.15) is 11.8 Å². The van der Waals surface area contributed by atoms with Crippen LogP contribution in [0.5, 0.6) is 5.75 Å². The van der Waals surface area contributed by atoms with Crippen molar-refractivity contribution in [3.8, 4) is 5.75 Å². The van der Waals surface area contributed by atoms with Crippen molar-refractivity contribution in [1.82, 2.24) is 10.2 Å². The smallest absolute Gasteiger partial charge is 0.326 e. The Morgan fingerprint density at radius 3 is 2.42 bits per heavy atom. The summed E-state index contributed by atoms with van der Waals surface area (Å²) in [5, 5.41) is 17.0. The molecule has 1 aliphatic rings. The maximum atomic E-state index is 12.4. The normalized spacial score (nSPS) is 14.2. The Labute approximate surface area is 227 Å². The zero-order valence-corrected chi connectivity index (χ0v) is 23.0. The number of nitrogens with one attached hydrogen (secondary N) is 1. The number of piperazine rings is 1. The molecule has 1 atom stereocenters. The number of carboxylic acids is 1. The molecule has 1 heterocycles. The molecule has 0 spiro atoms. The number of carbonyl (C=O) groups is 2. The third-order valence-corrected chi connectivity index (χ3v) is 5.28. The van der Waals surface area contributed by atoms with Gasteiger partial charge in [-0.1, -0.05) is 35.9 Å². The molecular weight excluding hydrogens is 653 g/mol. The molecule has 2 aromatic rings. The van der Waals surface area contributed by atoms with Gasteiger partial charge in [0.2, 0.25) is 0 Å². The van der Waals surface area contributed by atoms with Gasteiger partial charge >= 0.3 is 5.97 Å². The van der Waals surface area contributed by atoms with Crippen LogP contribution in [0.15, 0.2) is 48.5 Å². The van der Waals surface area contributed by atoms with Crippen LogP contribution in [0.2, 0.25) is 5.02 Å². The maximum absolute atomic E-state index is 12.4. The third kappa shape index (κ3) is 7.69. The van der Waals surface area contributed by atoms with Crippen LogP contribution in [-0.4, -0.2) is 59.3 Å². The van der Waals surface area contributed by atoms with Gasteiger partial charge in [-0.2, -0.15) is 0 Å². The summed E-state index contributed by atoms with van der Waals surface area (Å²) in [6, 6.07) is 12.3. The van der Waals surface area contributed by atoms with Crippen molar-refractivity contribution >= 4 is 40.9 Å². The van der Waals surface area contributed by atoms with Crippen LogP contribution in [0.3, 0.4) is 0 Å². The van der Waals surface area contributed by atoms with E-state index >= 15 is 0 Å². The van der Waals surface area contributed by atoms with E-state index in [-0.39, 0.29) is 61.1 Å². The number of thiocarbonyl (C=S) groups is 1. The molecule has 1 amide bonds. The predicted octanol–water partition coefficient (Wildman–Crippen LogP) is 3.12. The van der Waals surface area contributed by atoms with E-state index in [9.17, 15) is 14.7 Å². The molecule has 1 fully saturated rings. The second-order valence-electron chi connectivity index (χ2n) is 6.72. The molecule has 161 valence electrons. The molecule has 2 aromatic carbocycles. The van der Waals surface area contributed by atoms with E-state index in [0.717, 1.165) is 31.7 Å². The minimum atomic E-state index is -1.13. The maximum Gasteiger partial charge on any atom is 0.326 e. The predicted molar refractivity (Wildman–Crippen MR) is 118 cm³/mol. The van der Waals surface area contributed by atoms with Gasteiger partial charge in [-0.3, -0.25) is 4.79 Å². The largest absolute Gasteiger partial charge is 0.659 e. The number of rotatable bonds is 6. The van der Waals surface area contributed by atoms with E-state index in [2.05, 4.69) is 10.6 Å². The first-order valence-electron chi connectivity index (χ1n) is 9.41. The fourth-order valence-corrected chi connectivity index (χ4v) is 3.47. The van der Waals surface area contributed by atoms with E-state index in [1.165, 1.54) is 0 Å². The van der Waals surface area contributed by atoms with Gasteiger partial charge in [-0.05, 0) is 42.0 Å². The minimum absolute atomic E-state index is 0. The van der Waals surface area contributed by atoms with Crippen molar-refractivity contribution in [1.29, 1.82) is 0 Å². The zero-order chi connectivity index (χ0) is 21.5. The number of hydrogen-bond acceptors (Lipinski definition) is 4. The second-order valence-corrected chi connectivity index (χ2v) is 7.47. The number of halogens is 1. The van der Waals surface area contributed by atoms with Crippen LogP contribution in [0.4, 0.5) is 0 Å². The molecule has 0 aromatic heterocycles. The van der Waals surface area contributed by atoms with E-state index in [0.29, 0.717) is 10.9 Å². The molecule has 1 unspecified atom stereocenters. The van der Waals surface area contributed by atoms with Gasteiger partial charge in [-0.25, -0.2) is 4.79 Å². The summed E-state index contributed by atoms with van der Waals surface area (Å²) in [5.41, 5.74) is 0.963. The molecule has 31 heavy (non-hydrogen) atoms. The van der Waals surface area contributed by atoms with Crippen molar-refractivity contribution in [3.05, 3.63) is 70.0 Å². The van der Waals surface area contributed by atoms with Crippen LogP contribution in [-0.2, 0) is 11.2 Å². The van der Waals surface area contributed by atoms with Crippen LogP contribution in [0.1, 0.15) is 15.9 Å². The van der Waals surface area contributed by atoms with Crippen LogP contribution in [0.25, 0.3) is 5.32 Å².